The maximum Gasteiger partial charge on any atom is 0.220 e. The van der Waals surface area contributed by atoms with Gasteiger partial charge in [0.15, 0.2) is 6.29 Å². The highest BCUT2D eigenvalue weighted by atomic mass is 16.7. The lowest BCUT2D eigenvalue weighted by molar-refractivity contribution is -0.302. The van der Waals surface area contributed by atoms with Crippen molar-refractivity contribution < 1.29 is 39.8 Å². The Labute approximate surface area is 547 Å². The highest BCUT2D eigenvalue weighted by molar-refractivity contribution is 5.76. The Hall–Kier alpha value is -1.33. The van der Waals surface area contributed by atoms with Crippen LogP contribution in [-0.2, 0) is 14.3 Å². The number of aliphatic hydroxyl groups excluding tert-OH is 5. The molecule has 0 radical (unpaired) electrons. The fourth-order valence-electron chi connectivity index (χ4n) is 13.1. The maximum absolute atomic E-state index is 13.2. The maximum atomic E-state index is 13.2. The van der Waals surface area contributed by atoms with Gasteiger partial charge in [0.1, 0.15) is 24.4 Å². The molecule has 6 N–H and O–H groups in total. The topological polar surface area (TPSA) is 149 Å². The Balaban J connectivity index is 2.03. The summed E-state index contributed by atoms with van der Waals surface area (Å²) in [5.41, 5.74) is 0. The van der Waals surface area contributed by atoms with Gasteiger partial charge in [-0.25, -0.2) is 0 Å². The Bertz CT molecular complexity index is 1440. The number of unbranched alkanes of at least 4 members (excludes halogenated alkanes) is 57. The van der Waals surface area contributed by atoms with Gasteiger partial charge >= 0.3 is 0 Å². The molecule has 0 aliphatic carbocycles. The van der Waals surface area contributed by atoms with Gasteiger partial charge in [0.05, 0.1) is 25.4 Å². The largest absolute Gasteiger partial charge is 0.394 e. The van der Waals surface area contributed by atoms with Crippen LogP contribution < -0.4 is 5.32 Å². The first-order valence-corrected chi connectivity index (χ1v) is 39.5. The van der Waals surface area contributed by atoms with Crippen molar-refractivity contribution in [3.63, 3.8) is 0 Å². The van der Waals surface area contributed by atoms with Crippen LogP contribution in [0.1, 0.15) is 418 Å². The third kappa shape index (κ3) is 56.2. The van der Waals surface area contributed by atoms with Gasteiger partial charge in [-0.1, -0.05) is 391 Å². The van der Waals surface area contributed by atoms with Crippen LogP contribution in [0.25, 0.3) is 0 Å². The highest BCUT2D eigenvalue weighted by Gasteiger charge is 2.44. The molecule has 88 heavy (non-hydrogen) atoms. The minimum atomic E-state index is -1.55. The molecule has 7 atom stereocenters. The molecule has 1 fully saturated rings. The Morgan fingerprint density at radius 3 is 0.977 bits per heavy atom. The van der Waals surface area contributed by atoms with Crippen molar-refractivity contribution in [3.8, 4) is 0 Å². The van der Waals surface area contributed by atoms with Gasteiger partial charge in [-0.3, -0.25) is 4.79 Å². The van der Waals surface area contributed by atoms with E-state index in [-0.39, 0.29) is 12.5 Å². The van der Waals surface area contributed by atoms with Crippen LogP contribution in [0.2, 0.25) is 0 Å². The van der Waals surface area contributed by atoms with Crippen LogP contribution in [0.5, 0.6) is 0 Å². The first-order valence-electron chi connectivity index (χ1n) is 39.5. The molecule has 1 amide bonds. The second-order valence-corrected chi connectivity index (χ2v) is 27.9. The SMILES string of the molecule is CCCCCCC/C=C\C/C=C\CCCCCCCCCCCCCCCCCCCCCCCCCCCCCC(=O)NC(COC1OC(CO)C(O)C(O)C1O)C(O)CCCCCCCCCCCCCCCCCCCCCCCCCCCC. The van der Waals surface area contributed by atoms with Crippen LogP contribution in [0.15, 0.2) is 24.3 Å². The van der Waals surface area contributed by atoms with Crippen LogP contribution in [0.3, 0.4) is 0 Å². The normalized spacial score (nSPS) is 17.9. The average Bonchev–Trinajstić information content (AvgIpc) is 3.65. The number of hydrogen-bond acceptors (Lipinski definition) is 8. The molecule has 0 aromatic heterocycles. The fourth-order valence-corrected chi connectivity index (χ4v) is 13.1. The third-order valence-corrected chi connectivity index (χ3v) is 19.3. The van der Waals surface area contributed by atoms with Gasteiger partial charge in [-0.05, 0) is 44.9 Å². The van der Waals surface area contributed by atoms with E-state index in [4.69, 9.17) is 9.47 Å². The molecule has 1 aliphatic heterocycles. The molecule has 0 aromatic rings. The Morgan fingerprint density at radius 2 is 0.670 bits per heavy atom. The lowest BCUT2D eigenvalue weighted by Crippen LogP contribution is -2.60. The average molecular weight is 1250 g/mol. The molecule has 1 heterocycles. The molecule has 0 aromatic carbocycles. The Kier molecular flexibility index (Phi) is 65.9. The molecule has 0 bridgehead atoms. The zero-order valence-corrected chi connectivity index (χ0v) is 58.8. The second-order valence-electron chi connectivity index (χ2n) is 27.9. The predicted molar refractivity (Wildman–Crippen MR) is 378 cm³/mol. The van der Waals surface area contributed by atoms with Crippen LogP contribution >= 0.6 is 0 Å². The van der Waals surface area contributed by atoms with Crippen molar-refractivity contribution in [2.24, 2.45) is 0 Å². The van der Waals surface area contributed by atoms with Gasteiger partial charge in [0.2, 0.25) is 5.91 Å². The van der Waals surface area contributed by atoms with Crippen molar-refractivity contribution in [1.82, 2.24) is 5.32 Å². The number of amides is 1. The minimum Gasteiger partial charge on any atom is -0.394 e. The summed E-state index contributed by atoms with van der Waals surface area (Å²) < 4.78 is 11.4. The predicted octanol–water partition coefficient (Wildman–Crippen LogP) is 22.4. The quantitative estimate of drug-likeness (QED) is 0.0261. The molecular weight excluding hydrogens is 1090 g/mol. The van der Waals surface area contributed by atoms with Crippen molar-refractivity contribution in [3.05, 3.63) is 24.3 Å². The van der Waals surface area contributed by atoms with E-state index < -0.39 is 49.5 Å². The van der Waals surface area contributed by atoms with Crippen molar-refractivity contribution in [1.29, 1.82) is 0 Å². The number of nitrogens with one attached hydrogen (secondary N) is 1. The summed E-state index contributed by atoms with van der Waals surface area (Å²) in [5, 5.41) is 55.1. The first-order chi connectivity index (χ1) is 43.3. The summed E-state index contributed by atoms with van der Waals surface area (Å²) in [6, 6.07) is -0.718. The summed E-state index contributed by atoms with van der Waals surface area (Å²) in [5.74, 6) is -0.133. The van der Waals surface area contributed by atoms with E-state index in [1.807, 2.05) is 0 Å². The number of rotatable bonds is 71. The standard InChI is InChI=1S/C79H153NO8/c1-3-5-7-9-11-13-15-17-19-21-23-25-27-29-31-32-33-34-35-36-37-38-39-40-41-42-43-45-47-49-51-53-55-57-59-61-63-65-67-69-75(83)80-72(71-87-79-78(86)77(85)76(84)74(70-81)88-79)73(82)68-66-64-62-60-58-56-54-52-50-48-46-44-30-28-26-24-22-20-18-16-14-12-10-8-6-4-2/h15,17,21,23,72-74,76-79,81-82,84-86H,3-14,16,18-20,22,24-71H2,1-2H3,(H,80,83)/b17-15-,23-21-. The smallest absolute Gasteiger partial charge is 0.220 e. The summed E-state index contributed by atoms with van der Waals surface area (Å²) in [4.78, 5) is 13.2. The zero-order chi connectivity index (χ0) is 63.5. The minimum absolute atomic E-state index is 0.132. The summed E-state index contributed by atoms with van der Waals surface area (Å²) >= 11 is 0. The summed E-state index contributed by atoms with van der Waals surface area (Å²) in [6.45, 7) is 3.90. The van der Waals surface area contributed by atoms with Crippen LogP contribution in [0.4, 0.5) is 0 Å². The number of aliphatic hydroxyl groups is 5. The molecule has 1 saturated heterocycles. The molecule has 522 valence electrons. The van der Waals surface area contributed by atoms with E-state index in [0.29, 0.717) is 12.8 Å². The number of carbonyl (C=O) groups excluding carboxylic acids is 1. The number of allylic oxidation sites excluding steroid dienone is 4. The molecule has 1 rings (SSSR count). The zero-order valence-electron chi connectivity index (χ0n) is 58.8. The highest BCUT2D eigenvalue weighted by Crippen LogP contribution is 2.24. The van der Waals surface area contributed by atoms with Crippen LogP contribution in [-0.4, -0.2) is 87.5 Å². The summed E-state index contributed by atoms with van der Waals surface area (Å²) in [6.07, 6.45) is 84.3. The van der Waals surface area contributed by atoms with E-state index in [0.717, 1.165) is 44.9 Å². The monoisotopic (exact) mass is 1240 g/mol. The molecule has 9 heteroatoms. The van der Waals surface area contributed by atoms with Gasteiger partial charge < -0.3 is 40.3 Å². The van der Waals surface area contributed by atoms with Gasteiger partial charge in [-0.2, -0.15) is 0 Å². The second kappa shape index (κ2) is 68.5. The van der Waals surface area contributed by atoms with Gasteiger partial charge in [0.25, 0.3) is 0 Å². The van der Waals surface area contributed by atoms with E-state index in [1.165, 1.54) is 347 Å². The van der Waals surface area contributed by atoms with Crippen molar-refractivity contribution in [2.45, 2.75) is 461 Å². The van der Waals surface area contributed by atoms with Gasteiger partial charge in [-0.15, -0.1) is 0 Å². The van der Waals surface area contributed by atoms with E-state index in [2.05, 4.69) is 43.5 Å². The lowest BCUT2D eigenvalue weighted by Gasteiger charge is -2.40. The van der Waals surface area contributed by atoms with E-state index in [9.17, 15) is 30.3 Å². The van der Waals surface area contributed by atoms with Crippen LogP contribution in [0, 0.1) is 0 Å². The Morgan fingerprint density at radius 1 is 0.386 bits per heavy atom. The van der Waals surface area contributed by atoms with E-state index in [1.54, 1.807) is 0 Å². The van der Waals surface area contributed by atoms with Crippen molar-refractivity contribution in [2.75, 3.05) is 13.2 Å². The number of carbonyl (C=O) groups is 1. The third-order valence-electron chi connectivity index (χ3n) is 19.3. The molecule has 0 saturated carbocycles. The first kappa shape index (κ1) is 84.7. The molecule has 1 aliphatic rings. The van der Waals surface area contributed by atoms with Crippen molar-refractivity contribution >= 4 is 5.91 Å². The molecule has 0 spiro atoms. The molecule has 7 unspecified atom stereocenters. The summed E-state index contributed by atoms with van der Waals surface area (Å²) in [7, 11) is 0. The van der Waals surface area contributed by atoms with Gasteiger partial charge in [0, 0.05) is 6.42 Å². The number of hydrogen-bond donors (Lipinski definition) is 6. The molecule has 9 nitrogen and oxygen atoms in total. The number of ether oxygens (including phenoxy) is 2. The molecular formula is C79H153NO8. The van der Waals surface area contributed by atoms with E-state index >= 15 is 0 Å². The lowest BCUT2D eigenvalue weighted by atomic mass is 9.99. The fraction of sp³-hybridized carbons (Fsp3) is 0.937.